The lowest BCUT2D eigenvalue weighted by atomic mass is 10.0. The molecule has 3 heterocycles. The van der Waals surface area contributed by atoms with Crippen LogP contribution in [0, 0.1) is 13.8 Å². The fraction of sp³-hybridized carbons (Fsp3) is 0.263. The van der Waals surface area contributed by atoms with Crippen LogP contribution in [0.4, 0.5) is 0 Å². The molecule has 0 amide bonds. The Bertz CT molecular complexity index is 1020. The van der Waals surface area contributed by atoms with E-state index in [1.54, 1.807) is 24.4 Å². The molecular weight excluding hydrogens is 302 g/mol. The van der Waals surface area contributed by atoms with E-state index < -0.39 is 0 Å². The van der Waals surface area contributed by atoms with Crippen molar-refractivity contribution < 1.29 is 9.36 Å². The molecule has 0 radical (unpaired) electrons. The van der Waals surface area contributed by atoms with Gasteiger partial charge in [-0.3, -0.25) is 9.59 Å². The van der Waals surface area contributed by atoms with Gasteiger partial charge in [-0.2, -0.15) is 0 Å². The van der Waals surface area contributed by atoms with Crippen LogP contribution in [0.2, 0.25) is 0 Å². The first-order valence-electron chi connectivity index (χ1n) is 7.94. The van der Waals surface area contributed by atoms with Gasteiger partial charge in [0.05, 0.1) is 16.5 Å². The maximum atomic E-state index is 13.0. The predicted octanol–water partition coefficient (Wildman–Crippen LogP) is 2.09. The highest BCUT2D eigenvalue weighted by molar-refractivity contribution is 6.10. The molecule has 0 aliphatic rings. The Kier molecular flexibility index (Phi) is 4.01. The molecule has 0 spiro atoms. The summed E-state index contributed by atoms with van der Waals surface area (Å²) >= 11 is 0. The first kappa shape index (κ1) is 16.1. The van der Waals surface area contributed by atoms with Crippen LogP contribution in [0.1, 0.15) is 34.2 Å². The van der Waals surface area contributed by atoms with Crippen molar-refractivity contribution >= 4 is 16.8 Å². The lowest BCUT2D eigenvalue weighted by molar-refractivity contribution is -0.677. The van der Waals surface area contributed by atoms with Gasteiger partial charge in [0.15, 0.2) is 11.9 Å². The Morgan fingerprint density at radius 3 is 2.67 bits per heavy atom. The second-order valence-corrected chi connectivity index (χ2v) is 5.93. The highest BCUT2D eigenvalue weighted by Crippen LogP contribution is 2.14. The van der Waals surface area contributed by atoms with Gasteiger partial charge in [0.2, 0.25) is 11.2 Å². The number of aromatic nitrogens is 3. The van der Waals surface area contributed by atoms with E-state index in [4.69, 9.17) is 0 Å². The molecule has 24 heavy (non-hydrogen) atoms. The minimum absolute atomic E-state index is 0.185. The summed E-state index contributed by atoms with van der Waals surface area (Å²) in [5.41, 5.74) is 2.75. The van der Waals surface area contributed by atoms with E-state index in [-0.39, 0.29) is 16.8 Å². The van der Waals surface area contributed by atoms with Gasteiger partial charge in [0, 0.05) is 31.4 Å². The van der Waals surface area contributed by atoms with Gasteiger partial charge in [0.1, 0.15) is 12.7 Å². The standard InChI is InChI=1S/C19H20N3O2/c1-5-22-11-16(17(23)14-7-6-10-21(4)13(14)3)18(24)15-9-8-12(2)20-19(15)22/h6-11H,5H2,1-4H3/q+1. The fourth-order valence-electron chi connectivity index (χ4n) is 2.84. The van der Waals surface area contributed by atoms with Crippen molar-refractivity contribution in [2.24, 2.45) is 7.05 Å². The molecule has 5 nitrogen and oxygen atoms in total. The molecule has 5 heteroatoms. The first-order chi connectivity index (χ1) is 11.4. The molecule has 0 saturated heterocycles. The van der Waals surface area contributed by atoms with Crippen LogP contribution in [-0.2, 0) is 13.6 Å². The number of carbonyl (C=O) groups is 1. The number of rotatable bonds is 3. The van der Waals surface area contributed by atoms with E-state index in [2.05, 4.69) is 4.98 Å². The number of fused-ring (bicyclic) bond motifs is 1. The minimum atomic E-state index is -0.266. The van der Waals surface area contributed by atoms with Crippen molar-refractivity contribution in [3.05, 3.63) is 69.4 Å². The van der Waals surface area contributed by atoms with Gasteiger partial charge in [-0.05, 0) is 32.0 Å². The smallest absolute Gasteiger partial charge is 0.204 e. The van der Waals surface area contributed by atoms with Crippen LogP contribution >= 0.6 is 0 Å². The van der Waals surface area contributed by atoms with Gasteiger partial charge in [-0.25, -0.2) is 9.55 Å². The summed E-state index contributed by atoms with van der Waals surface area (Å²) in [6.45, 7) is 6.36. The summed E-state index contributed by atoms with van der Waals surface area (Å²) in [4.78, 5) is 30.3. The number of ketones is 1. The van der Waals surface area contributed by atoms with Crippen molar-refractivity contribution in [1.82, 2.24) is 9.55 Å². The summed E-state index contributed by atoms with van der Waals surface area (Å²) in [6, 6.07) is 7.11. The molecule has 0 aliphatic heterocycles. The average molecular weight is 322 g/mol. The summed E-state index contributed by atoms with van der Waals surface area (Å²) in [5.74, 6) is -0.252. The van der Waals surface area contributed by atoms with Crippen LogP contribution in [0.15, 0.2) is 41.5 Å². The minimum Gasteiger partial charge on any atom is -0.332 e. The van der Waals surface area contributed by atoms with Gasteiger partial charge in [0.25, 0.3) is 0 Å². The van der Waals surface area contributed by atoms with Gasteiger partial charge in [-0.15, -0.1) is 0 Å². The van der Waals surface area contributed by atoms with Crippen molar-refractivity contribution in [3.8, 4) is 0 Å². The second-order valence-electron chi connectivity index (χ2n) is 5.93. The Morgan fingerprint density at radius 1 is 1.21 bits per heavy atom. The molecule has 0 aliphatic carbocycles. The zero-order valence-corrected chi connectivity index (χ0v) is 14.3. The Morgan fingerprint density at radius 2 is 1.96 bits per heavy atom. The largest absolute Gasteiger partial charge is 0.332 e. The van der Waals surface area contributed by atoms with Crippen LogP contribution in [0.5, 0.6) is 0 Å². The van der Waals surface area contributed by atoms with Gasteiger partial charge >= 0.3 is 0 Å². The number of carbonyl (C=O) groups excluding carboxylic acids is 1. The lowest BCUT2D eigenvalue weighted by Gasteiger charge is -2.11. The maximum absolute atomic E-state index is 13.0. The average Bonchev–Trinajstić information content (AvgIpc) is 2.57. The number of hydrogen-bond acceptors (Lipinski definition) is 3. The van der Waals surface area contributed by atoms with E-state index in [1.165, 1.54) is 0 Å². The molecule has 0 aromatic carbocycles. The quantitative estimate of drug-likeness (QED) is 0.548. The summed E-state index contributed by atoms with van der Waals surface area (Å²) < 4.78 is 3.73. The molecule has 0 bridgehead atoms. The number of aryl methyl sites for hydroxylation is 3. The van der Waals surface area contributed by atoms with Crippen molar-refractivity contribution in [2.45, 2.75) is 27.3 Å². The third kappa shape index (κ3) is 2.52. The second kappa shape index (κ2) is 6.00. The van der Waals surface area contributed by atoms with Gasteiger partial charge in [-0.1, -0.05) is 0 Å². The summed E-state index contributed by atoms with van der Waals surface area (Å²) in [7, 11) is 1.88. The molecule has 0 fully saturated rings. The van der Waals surface area contributed by atoms with Crippen molar-refractivity contribution in [2.75, 3.05) is 0 Å². The number of nitrogens with zero attached hydrogens (tertiary/aromatic N) is 3. The fourth-order valence-corrected chi connectivity index (χ4v) is 2.84. The Balaban J connectivity index is 2.29. The summed E-state index contributed by atoms with van der Waals surface area (Å²) in [5, 5.41) is 0.478. The Labute approximate surface area is 140 Å². The van der Waals surface area contributed by atoms with E-state index in [1.807, 2.05) is 49.2 Å². The van der Waals surface area contributed by atoms with Crippen LogP contribution in [0.3, 0.4) is 0 Å². The Hall–Kier alpha value is -2.82. The molecule has 0 N–H and O–H groups in total. The van der Waals surface area contributed by atoms with E-state index >= 15 is 0 Å². The van der Waals surface area contributed by atoms with Crippen molar-refractivity contribution in [3.63, 3.8) is 0 Å². The van der Waals surface area contributed by atoms with Crippen LogP contribution in [-0.4, -0.2) is 15.3 Å². The molecule has 122 valence electrons. The molecule has 0 unspecified atom stereocenters. The first-order valence-corrected chi connectivity index (χ1v) is 7.94. The number of hydrogen-bond donors (Lipinski definition) is 0. The normalized spacial score (nSPS) is 11.0. The zero-order valence-electron chi connectivity index (χ0n) is 14.3. The zero-order chi connectivity index (χ0) is 17.4. The highest BCUT2D eigenvalue weighted by atomic mass is 16.1. The van der Waals surface area contributed by atoms with Gasteiger partial charge < -0.3 is 4.57 Å². The molecule has 3 rings (SSSR count). The molecule has 3 aromatic heterocycles. The molecular formula is C19H20N3O2+. The lowest BCUT2D eigenvalue weighted by Crippen LogP contribution is -2.34. The summed E-state index contributed by atoms with van der Waals surface area (Å²) in [6.07, 6.45) is 3.51. The molecule has 0 saturated carbocycles. The highest BCUT2D eigenvalue weighted by Gasteiger charge is 2.22. The van der Waals surface area contributed by atoms with E-state index in [9.17, 15) is 9.59 Å². The SMILES string of the molecule is CCn1cc(C(=O)c2ccc[n+](C)c2C)c(=O)c2ccc(C)nc21. The van der Waals surface area contributed by atoms with Crippen LogP contribution < -0.4 is 10.00 Å². The van der Waals surface area contributed by atoms with E-state index in [0.29, 0.717) is 23.1 Å². The number of pyridine rings is 3. The van der Waals surface area contributed by atoms with Crippen molar-refractivity contribution in [1.29, 1.82) is 0 Å². The maximum Gasteiger partial charge on any atom is 0.204 e. The molecule has 3 aromatic rings. The monoisotopic (exact) mass is 322 g/mol. The molecule has 0 atom stereocenters. The topological polar surface area (TPSA) is 55.8 Å². The third-order valence-electron chi connectivity index (χ3n) is 4.38. The predicted molar refractivity (Wildman–Crippen MR) is 92.2 cm³/mol. The van der Waals surface area contributed by atoms with E-state index in [0.717, 1.165) is 11.4 Å². The van der Waals surface area contributed by atoms with Crippen LogP contribution in [0.25, 0.3) is 11.0 Å². The third-order valence-corrected chi connectivity index (χ3v) is 4.38.